The van der Waals surface area contributed by atoms with Crippen molar-refractivity contribution in [3.63, 3.8) is 0 Å². The summed E-state index contributed by atoms with van der Waals surface area (Å²) in [5.74, 6) is 0.860. The summed E-state index contributed by atoms with van der Waals surface area (Å²) < 4.78 is 5.18. The number of ether oxygens (including phenoxy) is 1. The van der Waals surface area contributed by atoms with Gasteiger partial charge in [0.15, 0.2) is 0 Å². The van der Waals surface area contributed by atoms with E-state index in [1.54, 1.807) is 18.4 Å². The van der Waals surface area contributed by atoms with Crippen molar-refractivity contribution in [1.29, 1.82) is 0 Å². The van der Waals surface area contributed by atoms with Crippen LogP contribution in [0.2, 0.25) is 5.28 Å². The number of fused-ring (bicyclic) bond motifs is 1. The van der Waals surface area contributed by atoms with Crippen LogP contribution in [0, 0.1) is 6.92 Å². The summed E-state index contributed by atoms with van der Waals surface area (Å²) in [6.45, 7) is 4.79. The predicted octanol–water partition coefficient (Wildman–Crippen LogP) is 3.12. The van der Waals surface area contributed by atoms with Gasteiger partial charge >= 0.3 is 0 Å². The zero-order valence-electron chi connectivity index (χ0n) is 10.9. The van der Waals surface area contributed by atoms with Crippen molar-refractivity contribution in [3.8, 4) is 0 Å². The van der Waals surface area contributed by atoms with Crippen molar-refractivity contribution in [3.05, 3.63) is 16.2 Å². The predicted molar refractivity (Wildman–Crippen MR) is 76.9 cm³/mol. The lowest BCUT2D eigenvalue weighted by molar-refractivity contribution is 0.183. The molecule has 0 aliphatic rings. The van der Waals surface area contributed by atoms with Crippen LogP contribution in [-0.4, -0.2) is 36.8 Å². The monoisotopic (exact) mass is 285 g/mol. The molecule has 6 heteroatoms. The third-order valence-electron chi connectivity index (χ3n) is 2.87. The van der Waals surface area contributed by atoms with Crippen LogP contribution in [0.15, 0.2) is 6.07 Å². The Morgan fingerprint density at radius 2 is 2.22 bits per heavy atom. The molecule has 2 rings (SSSR count). The van der Waals surface area contributed by atoms with Crippen LogP contribution in [-0.2, 0) is 4.74 Å². The van der Waals surface area contributed by atoms with E-state index in [2.05, 4.69) is 34.8 Å². The Kier molecular flexibility index (Phi) is 4.04. The van der Waals surface area contributed by atoms with E-state index in [1.807, 2.05) is 7.05 Å². The summed E-state index contributed by atoms with van der Waals surface area (Å²) in [4.78, 5) is 12.8. The van der Waals surface area contributed by atoms with E-state index in [0.29, 0.717) is 6.61 Å². The number of rotatable bonds is 4. The normalized spacial score (nSPS) is 12.9. The van der Waals surface area contributed by atoms with Crippen LogP contribution < -0.4 is 4.90 Å². The van der Waals surface area contributed by atoms with E-state index >= 15 is 0 Å². The first-order valence-electron chi connectivity index (χ1n) is 5.68. The van der Waals surface area contributed by atoms with Gasteiger partial charge in [0.2, 0.25) is 5.28 Å². The fraction of sp³-hybridized carbons (Fsp3) is 0.500. The molecule has 0 amide bonds. The first-order chi connectivity index (χ1) is 8.52. The van der Waals surface area contributed by atoms with E-state index in [0.717, 1.165) is 16.0 Å². The molecular formula is C12H16ClN3OS. The van der Waals surface area contributed by atoms with E-state index < -0.39 is 0 Å². The Balaban J connectivity index is 2.48. The minimum absolute atomic E-state index is 0.226. The number of likely N-dealkylation sites (N-methyl/N-ethyl adjacent to an activating group) is 1. The summed E-state index contributed by atoms with van der Waals surface area (Å²) in [5, 5.41) is 1.34. The van der Waals surface area contributed by atoms with Gasteiger partial charge in [0.1, 0.15) is 10.6 Å². The van der Waals surface area contributed by atoms with Crippen molar-refractivity contribution >= 4 is 39.0 Å². The quantitative estimate of drug-likeness (QED) is 0.809. The summed E-state index contributed by atoms with van der Waals surface area (Å²) in [5.41, 5.74) is 0. The molecule has 18 heavy (non-hydrogen) atoms. The summed E-state index contributed by atoms with van der Waals surface area (Å²) >= 11 is 7.61. The Morgan fingerprint density at radius 1 is 1.50 bits per heavy atom. The first-order valence-corrected chi connectivity index (χ1v) is 6.88. The van der Waals surface area contributed by atoms with Gasteiger partial charge in [-0.25, -0.2) is 4.98 Å². The van der Waals surface area contributed by atoms with Gasteiger partial charge < -0.3 is 9.64 Å². The molecule has 2 aromatic heterocycles. The van der Waals surface area contributed by atoms with E-state index in [4.69, 9.17) is 16.3 Å². The minimum Gasteiger partial charge on any atom is -0.383 e. The smallest absolute Gasteiger partial charge is 0.225 e. The Morgan fingerprint density at radius 3 is 2.89 bits per heavy atom. The number of hydrogen-bond acceptors (Lipinski definition) is 5. The molecule has 1 unspecified atom stereocenters. The maximum atomic E-state index is 5.99. The van der Waals surface area contributed by atoms with Gasteiger partial charge in [-0.2, -0.15) is 4.98 Å². The summed E-state index contributed by atoms with van der Waals surface area (Å²) in [6, 6.07) is 2.33. The second-order valence-corrected chi connectivity index (χ2v) is 5.88. The highest BCUT2D eigenvalue weighted by Crippen LogP contribution is 2.31. The fourth-order valence-electron chi connectivity index (χ4n) is 1.83. The van der Waals surface area contributed by atoms with Crippen molar-refractivity contribution in [1.82, 2.24) is 9.97 Å². The van der Waals surface area contributed by atoms with Crippen molar-refractivity contribution < 1.29 is 4.74 Å². The molecule has 1 atom stereocenters. The van der Waals surface area contributed by atoms with Gasteiger partial charge in [0.05, 0.1) is 18.0 Å². The number of halogens is 1. The third-order valence-corrected chi connectivity index (χ3v) is 3.99. The van der Waals surface area contributed by atoms with Gasteiger partial charge in [-0.1, -0.05) is 0 Å². The Bertz CT molecular complexity index is 557. The standard InChI is InChI=1S/C12H16ClN3OS/c1-7(6-17-4)16(3)10-9-5-8(2)18-11(9)15-12(13)14-10/h5,7H,6H2,1-4H3. The number of nitrogens with zero attached hydrogens (tertiary/aromatic N) is 3. The van der Waals surface area contributed by atoms with Gasteiger partial charge in [-0.15, -0.1) is 11.3 Å². The lowest BCUT2D eigenvalue weighted by atomic mass is 10.2. The minimum atomic E-state index is 0.226. The Hall–Kier alpha value is -0.910. The van der Waals surface area contributed by atoms with Crippen molar-refractivity contribution in [2.75, 3.05) is 25.7 Å². The number of anilines is 1. The highest BCUT2D eigenvalue weighted by atomic mass is 35.5. The van der Waals surface area contributed by atoms with E-state index in [1.165, 1.54) is 4.88 Å². The van der Waals surface area contributed by atoms with Crippen molar-refractivity contribution in [2.45, 2.75) is 19.9 Å². The summed E-state index contributed by atoms with van der Waals surface area (Å²) in [7, 11) is 3.69. The lowest BCUT2D eigenvalue weighted by Gasteiger charge is -2.25. The zero-order valence-corrected chi connectivity index (χ0v) is 12.5. The van der Waals surface area contributed by atoms with Crippen LogP contribution in [0.3, 0.4) is 0 Å². The third kappa shape index (κ3) is 2.58. The molecule has 0 aromatic carbocycles. The van der Waals surface area contributed by atoms with Crippen molar-refractivity contribution in [2.24, 2.45) is 0 Å². The average molecular weight is 286 g/mol. The van der Waals surface area contributed by atoms with Crippen LogP contribution in [0.5, 0.6) is 0 Å². The van der Waals surface area contributed by atoms with Gasteiger partial charge in [-0.05, 0) is 31.5 Å². The lowest BCUT2D eigenvalue weighted by Crippen LogP contribution is -2.33. The SMILES string of the molecule is COCC(C)N(C)c1nc(Cl)nc2sc(C)cc12. The summed E-state index contributed by atoms with van der Waals surface area (Å²) in [6.07, 6.45) is 0. The molecule has 2 aromatic rings. The molecule has 0 aliphatic carbocycles. The molecule has 0 radical (unpaired) electrons. The van der Waals surface area contributed by atoms with Gasteiger partial charge in [-0.3, -0.25) is 0 Å². The number of aryl methyl sites for hydroxylation is 1. The van der Waals surface area contributed by atoms with Crippen LogP contribution in [0.1, 0.15) is 11.8 Å². The molecule has 0 saturated carbocycles. The topological polar surface area (TPSA) is 38.2 Å². The number of hydrogen-bond donors (Lipinski definition) is 0. The average Bonchev–Trinajstić information content (AvgIpc) is 2.67. The largest absolute Gasteiger partial charge is 0.383 e. The molecule has 0 spiro atoms. The molecule has 4 nitrogen and oxygen atoms in total. The fourth-order valence-corrected chi connectivity index (χ4v) is 2.92. The second-order valence-electron chi connectivity index (χ2n) is 4.31. The Labute approximate surface area is 116 Å². The maximum Gasteiger partial charge on any atom is 0.225 e. The highest BCUT2D eigenvalue weighted by Gasteiger charge is 2.17. The van der Waals surface area contributed by atoms with Gasteiger partial charge in [0.25, 0.3) is 0 Å². The molecule has 0 saturated heterocycles. The zero-order chi connectivity index (χ0) is 13.3. The molecule has 98 valence electrons. The number of thiophene rings is 1. The van der Waals surface area contributed by atoms with Gasteiger partial charge in [0, 0.05) is 19.0 Å². The van der Waals surface area contributed by atoms with E-state index in [-0.39, 0.29) is 11.3 Å². The molecule has 0 fully saturated rings. The first kappa shape index (κ1) is 13.5. The van der Waals surface area contributed by atoms with Crippen LogP contribution in [0.25, 0.3) is 10.2 Å². The number of aromatic nitrogens is 2. The molecular weight excluding hydrogens is 270 g/mol. The number of methoxy groups -OCH3 is 1. The van der Waals surface area contributed by atoms with Crippen LogP contribution >= 0.6 is 22.9 Å². The molecule has 0 bridgehead atoms. The molecule has 0 N–H and O–H groups in total. The molecule has 2 heterocycles. The van der Waals surface area contributed by atoms with E-state index in [9.17, 15) is 0 Å². The molecule has 0 aliphatic heterocycles. The highest BCUT2D eigenvalue weighted by molar-refractivity contribution is 7.18. The van der Waals surface area contributed by atoms with Crippen LogP contribution in [0.4, 0.5) is 5.82 Å². The maximum absolute atomic E-state index is 5.99. The second kappa shape index (κ2) is 5.38.